The van der Waals surface area contributed by atoms with Gasteiger partial charge in [0.25, 0.3) is 0 Å². The van der Waals surface area contributed by atoms with Crippen molar-refractivity contribution in [3.05, 3.63) is 0 Å². The molecule has 8 heteroatoms. The Kier molecular flexibility index (Phi) is 32.3. The SMILES string of the molecule is CC(C)COC(=O)CCCCC(=O)OCC(C)C.CCCCCCCCC(CCCCCC)COC(=O)CCCCC(=O)O. The van der Waals surface area contributed by atoms with E-state index in [0.717, 1.165) is 12.8 Å². The van der Waals surface area contributed by atoms with E-state index in [9.17, 15) is 19.2 Å². The summed E-state index contributed by atoms with van der Waals surface area (Å²) in [6.45, 7) is 13.9. The molecule has 1 atom stereocenters. The van der Waals surface area contributed by atoms with Gasteiger partial charge in [0.1, 0.15) is 0 Å². The molecule has 0 radical (unpaired) electrons. The zero-order valence-electron chi connectivity index (χ0n) is 29.3. The number of rotatable bonds is 28. The molecule has 0 fully saturated rings. The first-order chi connectivity index (χ1) is 21.0. The van der Waals surface area contributed by atoms with Crippen molar-refractivity contribution in [3.8, 4) is 0 Å². The van der Waals surface area contributed by atoms with Crippen molar-refractivity contribution < 1.29 is 38.5 Å². The summed E-state index contributed by atoms with van der Waals surface area (Å²) >= 11 is 0. The molecule has 0 aliphatic carbocycles. The predicted molar refractivity (Wildman–Crippen MR) is 177 cm³/mol. The summed E-state index contributed by atoms with van der Waals surface area (Å²) in [4.78, 5) is 44.9. The molecular formula is C36H68O8. The van der Waals surface area contributed by atoms with Gasteiger partial charge in [-0.15, -0.1) is 0 Å². The van der Waals surface area contributed by atoms with E-state index in [4.69, 9.17) is 19.3 Å². The lowest BCUT2D eigenvalue weighted by Gasteiger charge is -2.17. The topological polar surface area (TPSA) is 116 Å². The second-order valence-corrected chi connectivity index (χ2v) is 12.9. The molecule has 0 saturated heterocycles. The Morgan fingerprint density at radius 3 is 1.20 bits per heavy atom. The lowest BCUT2D eigenvalue weighted by molar-refractivity contribution is -0.147. The quantitative estimate of drug-likeness (QED) is 0.0517. The molecule has 0 rings (SSSR count). The van der Waals surface area contributed by atoms with Gasteiger partial charge in [-0.25, -0.2) is 0 Å². The number of carbonyl (C=O) groups is 4. The van der Waals surface area contributed by atoms with Crippen molar-refractivity contribution >= 4 is 23.9 Å². The Morgan fingerprint density at radius 1 is 0.477 bits per heavy atom. The highest BCUT2D eigenvalue weighted by molar-refractivity contribution is 5.70. The van der Waals surface area contributed by atoms with Crippen LogP contribution in [0, 0.1) is 17.8 Å². The molecular weight excluding hydrogens is 560 g/mol. The molecule has 0 spiro atoms. The summed E-state index contributed by atoms with van der Waals surface area (Å²) < 4.78 is 15.5. The highest BCUT2D eigenvalue weighted by Crippen LogP contribution is 2.20. The van der Waals surface area contributed by atoms with Gasteiger partial charge in [-0.1, -0.05) is 106 Å². The maximum absolute atomic E-state index is 11.8. The standard InChI is InChI=1S/C22H42O4.C14H26O4/c1-3-5-7-9-10-12-16-20(15-11-8-6-4-2)19-26-22(25)18-14-13-17-21(23)24;1-11(2)9-17-13(15)7-5-6-8-14(16)18-10-12(3)4/h20H,3-19H2,1-2H3,(H,23,24);11-12H,5-10H2,1-4H3. The van der Waals surface area contributed by atoms with E-state index in [2.05, 4.69) is 13.8 Å². The summed E-state index contributed by atoms with van der Waals surface area (Å²) in [5.74, 6) is -0.124. The number of carboxylic acid groups (broad SMARTS) is 1. The van der Waals surface area contributed by atoms with Gasteiger partial charge in [-0.3, -0.25) is 19.2 Å². The summed E-state index contributed by atoms with van der Waals surface area (Å²) in [5, 5.41) is 8.61. The molecule has 0 bridgehead atoms. The van der Waals surface area contributed by atoms with E-state index < -0.39 is 5.97 Å². The lowest BCUT2D eigenvalue weighted by Crippen LogP contribution is -2.14. The number of esters is 3. The largest absolute Gasteiger partial charge is 0.481 e. The second kappa shape index (κ2) is 32.3. The molecule has 0 aliphatic rings. The minimum Gasteiger partial charge on any atom is -0.481 e. The molecule has 0 saturated carbocycles. The van der Waals surface area contributed by atoms with Gasteiger partial charge < -0.3 is 19.3 Å². The number of hydrogen-bond donors (Lipinski definition) is 1. The monoisotopic (exact) mass is 628 g/mol. The molecule has 0 aliphatic heterocycles. The third kappa shape index (κ3) is 36.1. The van der Waals surface area contributed by atoms with E-state index >= 15 is 0 Å². The average molecular weight is 629 g/mol. The van der Waals surface area contributed by atoms with Crippen molar-refractivity contribution in [1.29, 1.82) is 0 Å². The van der Waals surface area contributed by atoms with Gasteiger partial charge in [-0.05, 0) is 56.3 Å². The normalized spacial score (nSPS) is 11.5. The first kappa shape index (κ1) is 44.0. The Morgan fingerprint density at radius 2 is 0.818 bits per heavy atom. The van der Waals surface area contributed by atoms with Crippen molar-refractivity contribution in [3.63, 3.8) is 0 Å². The third-order valence-electron chi connectivity index (χ3n) is 7.10. The van der Waals surface area contributed by atoms with E-state index in [1.54, 1.807) is 0 Å². The average Bonchev–Trinajstić information content (AvgIpc) is 2.97. The first-order valence-corrected chi connectivity index (χ1v) is 17.7. The highest BCUT2D eigenvalue weighted by Gasteiger charge is 2.13. The van der Waals surface area contributed by atoms with Gasteiger partial charge in [0.2, 0.25) is 0 Å². The Hall–Kier alpha value is -2.12. The third-order valence-corrected chi connectivity index (χ3v) is 7.10. The molecule has 0 amide bonds. The van der Waals surface area contributed by atoms with Gasteiger partial charge >= 0.3 is 23.9 Å². The molecule has 1 unspecified atom stereocenters. The number of aliphatic carboxylic acids is 1. The van der Waals surface area contributed by atoms with Crippen molar-refractivity contribution in [1.82, 2.24) is 0 Å². The summed E-state index contributed by atoms with van der Waals surface area (Å²) in [6.07, 6.45) is 18.8. The Balaban J connectivity index is 0. The van der Waals surface area contributed by atoms with Gasteiger partial charge in [-0.2, -0.15) is 0 Å². The number of ether oxygens (including phenoxy) is 3. The fourth-order valence-corrected chi connectivity index (χ4v) is 4.41. The molecule has 0 aromatic heterocycles. The minimum atomic E-state index is -0.801. The molecule has 8 nitrogen and oxygen atoms in total. The van der Waals surface area contributed by atoms with Crippen LogP contribution in [0.4, 0.5) is 0 Å². The molecule has 0 aromatic carbocycles. The highest BCUT2D eigenvalue weighted by atomic mass is 16.5. The van der Waals surface area contributed by atoms with Crippen LogP contribution in [0.3, 0.4) is 0 Å². The maximum atomic E-state index is 11.8. The van der Waals surface area contributed by atoms with Crippen LogP contribution in [-0.2, 0) is 33.4 Å². The fraction of sp³-hybridized carbons (Fsp3) is 0.889. The van der Waals surface area contributed by atoms with Gasteiger partial charge in [0, 0.05) is 25.7 Å². The van der Waals surface area contributed by atoms with Gasteiger partial charge in [0.15, 0.2) is 0 Å². The van der Waals surface area contributed by atoms with Crippen molar-refractivity contribution in [2.75, 3.05) is 19.8 Å². The van der Waals surface area contributed by atoms with Crippen LogP contribution in [0.5, 0.6) is 0 Å². The van der Waals surface area contributed by atoms with Gasteiger partial charge in [0.05, 0.1) is 19.8 Å². The zero-order chi connectivity index (χ0) is 33.4. The van der Waals surface area contributed by atoms with Crippen LogP contribution in [-0.4, -0.2) is 48.8 Å². The van der Waals surface area contributed by atoms with Crippen molar-refractivity contribution in [2.24, 2.45) is 17.8 Å². The van der Waals surface area contributed by atoms with Crippen LogP contribution in [0.25, 0.3) is 0 Å². The number of unbranched alkanes of at least 4 members (excludes halogenated alkanes) is 10. The number of carboxylic acids is 1. The van der Waals surface area contributed by atoms with Crippen LogP contribution >= 0.6 is 0 Å². The first-order valence-electron chi connectivity index (χ1n) is 17.7. The van der Waals surface area contributed by atoms with E-state index in [1.165, 1.54) is 64.2 Å². The second-order valence-electron chi connectivity index (χ2n) is 12.9. The summed E-state index contributed by atoms with van der Waals surface area (Å²) in [6, 6.07) is 0. The molecule has 1 N–H and O–H groups in total. The molecule has 0 aromatic rings. The predicted octanol–water partition coefficient (Wildman–Crippen LogP) is 9.46. The maximum Gasteiger partial charge on any atom is 0.305 e. The number of carbonyl (C=O) groups excluding carboxylic acids is 3. The molecule has 0 heterocycles. The zero-order valence-corrected chi connectivity index (χ0v) is 29.3. The Bertz CT molecular complexity index is 678. The number of hydrogen-bond acceptors (Lipinski definition) is 7. The van der Waals surface area contributed by atoms with E-state index in [-0.39, 0.29) is 24.3 Å². The fourth-order valence-electron chi connectivity index (χ4n) is 4.41. The summed E-state index contributed by atoms with van der Waals surface area (Å²) in [5.41, 5.74) is 0. The van der Waals surface area contributed by atoms with Crippen LogP contribution < -0.4 is 0 Å². The Labute approximate surface area is 269 Å². The van der Waals surface area contributed by atoms with Crippen LogP contribution in [0.2, 0.25) is 0 Å². The van der Waals surface area contributed by atoms with E-state index in [1.807, 2.05) is 27.7 Å². The molecule has 260 valence electrons. The lowest BCUT2D eigenvalue weighted by atomic mass is 9.95. The summed E-state index contributed by atoms with van der Waals surface area (Å²) in [7, 11) is 0. The molecule has 44 heavy (non-hydrogen) atoms. The van der Waals surface area contributed by atoms with E-state index in [0.29, 0.717) is 82.5 Å². The smallest absolute Gasteiger partial charge is 0.305 e. The minimum absolute atomic E-state index is 0.130. The van der Waals surface area contributed by atoms with Crippen molar-refractivity contribution in [2.45, 2.75) is 170 Å². The van der Waals surface area contributed by atoms with Crippen LogP contribution in [0.1, 0.15) is 170 Å². The van der Waals surface area contributed by atoms with Crippen LogP contribution in [0.15, 0.2) is 0 Å².